The van der Waals surface area contributed by atoms with Crippen molar-refractivity contribution < 1.29 is 0 Å². The van der Waals surface area contributed by atoms with Gasteiger partial charge in [-0.15, -0.1) is 0 Å². The standard InChI is InChI=1S/C14H23N3/c1-3-14(12-5-4-6-13(15)11-12)17-9-7-16(2)8-10-17/h4-6,11,14H,3,7-10,15H2,1-2H3. The predicted octanol–water partition coefficient (Wildman–Crippen LogP) is 1.97. The minimum absolute atomic E-state index is 0.521. The number of nitrogens with zero attached hydrogens (tertiary/aromatic N) is 2. The lowest BCUT2D eigenvalue weighted by Crippen LogP contribution is -2.45. The van der Waals surface area contributed by atoms with Gasteiger partial charge in [-0.2, -0.15) is 0 Å². The van der Waals surface area contributed by atoms with Crippen molar-refractivity contribution >= 4 is 5.69 Å². The predicted molar refractivity (Wildman–Crippen MR) is 73.0 cm³/mol. The zero-order valence-electron chi connectivity index (χ0n) is 10.9. The number of nitrogens with two attached hydrogens (primary N) is 1. The van der Waals surface area contributed by atoms with Gasteiger partial charge in [0.1, 0.15) is 0 Å². The molecule has 0 radical (unpaired) electrons. The van der Waals surface area contributed by atoms with Gasteiger partial charge < -0.3 is 10.6 Å². The second-order valence-electron chi connectivity index (χ2n) is 4.93. The van der Waals surface area contributed by atoms with E-state index in [-0.39, 0.29) is 0 Å². The molecular weight excluding hydrogens is 210 g/mol. The Morgan fingerprint density at radius 3 is 2.53 bits per heavy atom. The molecule has 2 N–H and O–H groups in total. The Hall–Kier alpha value is -1.06. The third-order valence-electron chi connectivity index (χ3n) is 3.66. The molecule has 1 aromatic rings. The van der Waals surface area contributed by atoms with Crippen LogP contribution in [0.15, 0.2) is 24.3 Å². The molecule has 1 aliphatic rings. The summed E-state index contributed by atoms with van der Waals surface area (Å²) < 4.78 is 0. The van der Waals surface area contributed by atoms with Gasteiger partial charge in [0.15, 0.2) is 0 Å². The maximum atomic E-state index is 5.88. The highest BCUT2D eigenvalue weighted by Crippen LogP contribution is 2.26. The van der Waals surface area contributed by atoms with Gasteiger partial charge in [-0.25, -0.2) is 0 Å². The second-order valence-corrected chi connectivity index (χ2v) is 4.93. The van der Waals surface area contributed by atoms with Crippen molar-refractivity contribution in [3.8, 4) is 0 Å². The van der Waals surface area contributed by atoms with Crippen molar-refractivity contribution in [3.63, 3.8) is 0 Å². The van der Waals surface area contributed by atoms with E-state index in [4.69, 9.17) is 5.73 Å². The molecule has 1 aromatic carbocycles. The van der Waals surface area contributed by atoms with E-state index in [0.29, 0.717) is 6.04 Å². The molecule has 0 aliphatic carbocycles. The fourth-order valence-electron chi connectivity index (χ4n) is 2.60. The Balaban J connectivity index is 2.10. The van der Waals surface area contributed by atoms with Gasteiger partial charge in [-0.05, 0) is 31.2 Å². The summed E-state index contributed by atoms with van der Waals surface area (Å²) in [5.41, 5.74) is 8.10. The van der Waals surface area contributed by atoms with Crippen LogP contribution >= 0.6 is 0 Å². The van der Waals surface area contributed by atoms with Crippen molar-refractivity contribution in [1.29, 1.82) is 0 Å². The highest BCUT2D eigenvalue weighted by atomic mass is 15.3. The van der Waals surface area contributed by atoms with Crippen LogP contribution in [0.4, 0.5) is 5.69 Å². The summed E-state index contributed by atoms with van der Waals surface area (Å²) in [4.78, 5) is 4.97. The topological polar surface area (TPSA) is 32.5 Å². The number of anilines is 1. The summed E-state index contributed by atoms with van der Waals surface area (Å²) >= 11 is 0. The Labute approximate surface area is 104 Å². The molecule has 1 heterocycles. The van der Waals surface area contributed by atoms with Crippen LogP contribution in [-0.2, 0) is 0 Å². The van der Waals surface area contributed by atoms with Crippen LogP contribution in [0.25, 0.3) is 0 Å². The lowest BCUT2D eigenvalue weighted by Gasteiger charge is -2.38. The van der Waals surface area contributed by atoms with Gasteiger partial charge in [-0.1, -0.05) is 19.1 Å². The molecule has 0 aromatic heterocycles. The van der Waals surface area contributed by atoms with Crippen molar-refractivity contribution in [1.82, 2.24) is 9.80 Å². The van der Waals surface area contributed by atoms with Gasteiger partial charge in [0, 0.05) is 37.9 Å². The van der Waals surface area contributed by atoms with Crippen LogP contribution < -0.4 is 5.73 Å². The van der Waals surface area contributed by atoms with Crippen LogP contribution in [0.3, 0.4) is 0 Å². The van der Waals surface area contributed by atoms with Crippen LogP contribution in [0.5, 0.6) is 0 Å². The van der Waals surface area contributed by atoms with Crippen molar-refractivity contribution in [3.05, 3.63) is 29.8 Å². The summed E-state index contributed by atoms with van der Waals surface area (Å²) in [6.07, 6.45) is 1.15. The molecule has 0 saturated carbocycles. The van der Waals surface area contributed by atoms with Crippen LogP contribution in [-0.4, -0.2) is 43.0 Å². The number of likely N-dealkylation sites (N-methyl/N-ethyl adjacent to an activating group) is 1. The summed E-state index contributed by atoms with van der Waals surface area (Å²) in [5, 5.41) is 0. The summed E-state index contributed by atoms with van der Waals surface area (Å²) in [7, 11) is 2.19. The minimum atomic E-state index is 0.521. The van der Waals surface area contributed by atoms with Crippen molar-refractivity contribution in [2.45, 2.75) is 19.4 Å². The lowest BCUT2D eigenvalue weighted by molar-refractivity contribution is 0.109. The molecule has 94 valence electrons. The third-order valence-corrected chi connectivity index (χ3v) is 3.66. The number of hydrogen-bond acceptors (Lipinski definition) is 3. The maximum Gasteiger partial charge on any atom is 0.0347 e. The highest BCUT2D eigenvalue weighted by molar-refractivity contribution is 5.41. The average Bonchev–Trinajstić information content (AvgIpc) is 2.33. The summed E-state index contributed by atoms with van der Waals surface area (Å²) in [6.45, 7) is 6.90. The molecule has 17 heavy (non-hydrogen) atoms. The lowest BCUT2D eigenvalue weighted by atomic mass is 10.0. The van der Waals surface area contributed by atoms with E-state index in [2.05, 4.69) is 42.0 Å². The van der Waals surface area contributed by atoms with Crippen LogP contribution in [0.1, 0.15) is 24.9 Å². The molecule has 0 amide bonds. The van der Waals surface area contributed by atoms with Crippen LogP contribution in [0.2, 0.25) is 0 Å². The zero-order chi connectivity index (χ0) is 12.3. The monoisotopic (exact) mass is 233 g/mol. The molecular formula is C14H23N3. The van der Waals surface area contributed by atoms with E-state index in [1.807, 2.05) is 6.07 Å². The Bertz CT molecular complexity index is 356. The molecule has 0 spiro atoms. The smallest absolute Gasteiger partial charge is 0.0347 e. The van der Waals surface area contributed by atoms with Crippen molar-refractivity contribution in [2.75, 3.05) is 39.0 Å². The minimum Gasteiger partial charge on any atom is -0.399 e. The van der Waals surface area contributed by atoms with E-state index in [9.17, 15) is 0 Å². The maximum absolute atomic E-state index is 5.88. The first-order chi connectivity index (χ1) is 8.20. The quantitative estimate of drug-likeness (QED) is 0.810. The summed E-state index contributed by atoms with van der Waals surface area (Å²) in [5.74, 6) is 0. The largest absolute Gasteiger partial charge is 0.399 e. The van der Waals surface area contributed by atoms with E-state index >= 15 is 0 Å². The second kappa shape index (κ2) is 5.52. The van der Waals surface area contributed by atoms with Gasteiger partial charge in [-0.3, -0.25) is 4.90 Å². The number of benzene rings is 1. The van der Waals surface area contributed by atoms with Gasteiger partial charge in [0.05, 0.1) is 0 Å². The normalized spacial score (nSPS) is 20.4. The summed E-state index contributed by atoms with van der Waals surface area (Å²) in [6, 6.07) is 8.85. The number of hydrogen-bond donors (Lipinski definition) is 1. The molecule has 2 rings (SSSR count). The Morgan fingerprint density at radius 2 is 1.94 bits per heavy atom. The van der Waals surface area contributed by atoms with Gasteiger partial charge >= 0.3 is 0 Å². The Morgan fingerprint density at radius 1 is 1.24 bits per heavy atom. The van der Waals surface area contributed by atoms with E-state index in [1.54, 1.807) is 0 Å². The van der Waals surface area contributed by atoms with E-state index in [0.717, 1.165) is 25.2 Å². The molecule has 1 atom stereocenters. The molecule has 1 aliphatic heterocycles. The van der Waals surface area contributed by atoms with Gasteiger partial charge in [0.2, 0.25) is 0 Å². The number of rotatable bonds is 3. The third kappa shape index (κ3) is 2.99. The number of nitrogen functional groups attached to an aromatic ring is 1. The zero-order valence-corrected chi connectivity index (χ0v) is 10.9. The first-order valence-corrected chi connectivity index (χ1v) is 6.48. The van der Waals surface area contributed by atoms with Crippen molar-refractivity contribution in [2.24, 2.45) is 0 Å². The first-order valence-electron chi connectivity index (χ1n) is 6.48. The average molecular weight is 233 g/mol. The van der Waals surface area contributed by atoms with E-state index < -0.39 is 0 Å². The fourth-order valence-corrected chi connectivity index (χ4v) is 2.60. The molecule has 1 fully saturated rings. The molecule has 3 heteroatoms. The molecule has 0 bridgehead atoms. The van der Waals surface area contributed by atoms with Gasteiger partial charge in [0.25, 0.3) is 0 Å². The Kier molecular flexibility index (Phi) is 4.02. The first kappa shape index (κ1) is 12.4. The SMILES string of the molecule is CCC(c1cccc(N)c1)N1CCN(C)CC1. The van der Waals surface area contributed by atoms with Crippen LogP contribution in [0, 0.1) is 0 Å². The fraction of sp³-hybridized carbons (Fsp3) is 0.571. The molecule has 1 saturated heterocycles. The molecule has 1 unspecified atom stereocenters. The highest BCUT2D eigenvalue weighted by Gasteiger charge is 2.22. The molecule has 3 nitrogen and oxygen atoms in total. The van der Waals surface area contributed by atoms with E-state index in [1.165, 1.54) is 18.7 Å². The number of piperazine rings is 1.